The third kappa shape index (κ3) is 7.08. The van der Waals surface area contributed by atoms with Crippen LogP contribution in [0, 0.1) is 5.82 Å². The SMILES string of the molecule is CCCONC(=COc1cc(CC(=O)O)cc(OCC)c1)c1cc(-c2ccc(F)cc2)no1. The van der Waals surface area contributed by atoms with E-state index in [2.05, 4.69) is 10.6 Å². The summed E-state index contributed by atoms with van der Waals surface area (Å²) in [6, 6.07) is 12.5. The number of aliphatic carboxylic acids is 1. The lowest BCUT2D eigenvalue weighted by atomic mass is 10.1. The van der Waals surface area contributed by atoms with Crippen molar-refractivity contribution in [2.24, 2.45) is 0 Å². The van der Waals surface area contributed by atoms with Crippen molar-refractivity contribution in [2.45, 2.75) is 26.7 Å². The summed E-state index contributed by atoms with van der Waals surface area (Å²) in [5.74, 6) is -0.102. The molecule has 0 saturated carbocycles. The van der Waals surface area contributed by atoms with E-state index in [1.807, 2.05) is 13.8 Å². The Kier molecular flexibility index (Phi) is 8.43. The van der Waals surface area contributed by atoms with E-state index in [4.69, 9.17) is 23.9 Å². The molecule has 0 aliphatic rings. The van der Waals surface area contributed by atoms with Gasteiger partial charge in [-0.05, 0) is 55.3 Å². The van der Waals surface area contributed by atoms with Gasteiger partial charge in [-0.15, -0.1) is 0 Å². The molecule has 174 valence electrons. The number of halogens is 1. The maximum Gasteiger partial charge on any atom is 0.307 e. The van der Waals surface area contributed by atoms with Crippen LogP contribution in [0.15, 0.2) is 59.3 Å². The highest BCUT2D eigenvalue weighted by molar-refractivity contribution is 5.70. The summed E-state index contributed by atoms with van der Waals surface area (Å²) < 4.78 is 29.9. The zero-order valence-corrected chi connectivity index (χ0v) is 18.3. The molecule has 0 bridgehead atoms. The van der Waals surface area contributed by atoms with E-state index in [0.717, 1.165) is 6.42 Å². The normalized spacial score (nSPS) is 11.3. The third-order valence-corrected chi connectivity index (χ3v) is 4.32. The van der Waals surface area contributed by atoms with E-state index in [9.17, 15) is 9.18 Å². The number of carboxylic acid groups (broad SMARTS) is 1. The van der Waals surface area contributed by atoms with Crippen molar-refractivity contribution < 1.29 is 33.1 Å². The minimum Gasteiger partial charge on any atom is -0.494 e. The van der Waals surface area contributed by atoms with Crippen LogP contribution >= 0.6 is 0 Å². The molecule has 1 aromatic heterocycles. The molecule has 0 aliphatic carbocycles. The predicted molar refractivity (Wildman–Crippen MR) is 119 cm³/mol. The quantitative estimate of drug-likeness (QED) is 0.227. The van der Waals surface area contributed by atoms with Crippen LogP contribution in [-0.4, -0.2) is 29.4 Å². The molecule has 9 heteroatoms. The number of hydrogen-bond acceptors (Lipinski definition) is 7. The molecular weight excluding hydrogens is 431 g/mol. The van der Waals surface area contributed by atoms with Gasteiger partial charge >= 0.3 is 5.97 Å². The Morgan fingerprint density at radius 1 is 1.15 bits per heavy atom. The largest absolute Gasteiger partial charge is 0.494 e. The van der Waals surface area contributed by atoms with Crippen molar-refractivity contribution in [1.29, 1.82) is 0 Å². The fourth-order valence-electron chi connectivity index (χ4n) is 2.87. The van der Waals surface area contributed by atoms with Crippen molar-refractivity contribution in [3.8, 4) is 22.8 Å². The smallest absolute Gasteiger partial charge is 0.307 e. The van der Waals surface area contributed by atoms with E-state index in [-0.39, 0.29) is 12.2 Å². The number of carboxylic acids is 1. The first kappa shape index (κ1) is 23.8. The van der Waals surface area contributed by atoms with Crippen molar-refractivity contribution in [2.75, 3.05) is 13.2 Å². The van der Waals surface area contributed by atoms with Gasteiger partial charge in [0, 0.05) is 17.7 Å². The van der Waals surface area contributed by atoms with Crippen LogP contribution in [0.3, 0.4) is 0 Å². The van der Waals surface area contributed by atoms with E-state index < -0.39 is 5.97 Å². The molecule has 0 spiro atoms. The number of carbonyl (C=O) groups is 1. The number of ether oxygens (including phenoxy) is 2. The fourth-order valence-corrected chi connectivity index (χ4v) is 2.87. The molecule has 0 atom stereocenters. The Morgan fingerprint density at radius 2 is 1.91 bits per heavy atom. The van der Waals surface area contributed by atoms with Crippen LogP contribution < -0.4 is 15.0 Å². The van der Waals surface area contributed by atoms with Crippen molar-refractivity contribution in [1.82, 2.24) is 10.6 Å². The number of hydroxylamine groups is 1. The van der Waals surface area contributed by atoms with Crippen LogP contribution in [0.1, 0.15) is 31.6 Å². The molecule has 3 aromatic rings. The van der Waals surface area contributed by atoms with Gasteiger partial charge in [0.05, 0.1) is 19.6 Å². The summed E-state index contributed by atoms with van der Waals surface area (Å²) in [6.45, 7) is 4.67. The molecule has 2 aromatic carbocycles. The lowest BCUT2D eigenvalue weighted by Crippen LogP contribution is -2.14. The topological polar surface area (TPSA) is 103 Å². The highest BCUT2D eigenvalue weighted by Crippen LogP contribution is 2.26. The van der Waals surface area contributed by atoms with Gasteiger partial charge in [0.2, 0.25) is 0 Å². The summed E-state index contributed by atoms with van der Waals surface area (Å²) in [5.41, 5.74) is 4.87. The van der Waals surface area contributed by atoms with E-state index in [1.54, 1.807) is 36.4 Å². The monoisotopic (exact) mass is 456 g/mol. The van der Waals surface area contributed by atoms with Crippen molar-refractivity contribution in [3.63, 3.8) is 0 Å². The standard InChI is InChI=1S/C24H25FN2O6/c1-3-9-32-26-22(23-14-21(27-33-23)17-5-7-18(25)8-6-17)15-31-20-11-16(12-24(28)29)10-19(13-20)30-4-2/h5-8,10-11,13-15,26H,3-4,9,12H2,1-2H3,(H,28,29). The molecule has 0 unspecified atom stereocenters. The number of nitrogens with one attached hydrogen (secondary N) is 1. The first-order chi connectivity index (χ1) is 16.0. The van der Waals surface area contributed by atoms with Gasteiger partial charge in [-0.25, -0.2) is 4.39 Å². The summed E-state index contributed by atoms with van der Waals surface area (Å²) in [4.78, 5) is 16.5. The number of aromatic nitrogens is 1. The summed E-state index contributed by atoms with van der Waals surface area (Å²) >= 11 is 0. The van der Waals surface area contributed by atoms with Crippen LogP contribution in [0.25, 0.3) is 17.0 Å². The van der Waals surface area contributed by atoms with Gasteiger partial charge < -0.3 is 19.1 Å². The minimum absolute atomic E-state index is 0.172. The van der Waals surface area contributed by atoms with Gasteiger partial charge in [0.25, 0.3) is 0 Å². The van der Waals surface area contributed by atoms with E-state index in [1.165, 1.54) is 18.4 Å². The molecule has 8 nitrogen and oxygen atoms in total. The second-order valence-corrected chi connectivity index (χ2v) is 7.00. The summed E-state index contributed by atoms with van der Waals surface area (Å²) in [7, 11) is 0. The van der Waals surface area contributed by atoms with Crippen LogP contribution in [-0.2, 0) is 16.1 Å². The highest BCUT2D eigenvalue weighted by atomic mass is 19.1. The van der Waals surface area contributed by atoms with Crippen LogP contribution in [0.5, 0.6) is 11.5 Å². The van der Waals surface area contributed by atoms with E-state index >= 15 is 0 Å². The number of benzene rings is 2. The second kappa shape index (κ2) is 11.7. The lowest BCUT2D eigenvalue weighted by Gasteiger charge is -2.11. The fraction of sp³-hybridized carbons (Fsp3) is 0.250. The zero-order valence-electron chi connectivity index (χ0n) is 18.3. The molecule has 0 amide bonds. The van der Waals surface area contributed by atoms with Crippen LogP contribution in [0.2, 0.25) is 0 Å². The average Bonchev–Trinajstić information content (AvgIpc) is 3.26. The molecule has 1 heterocycles. The molecular formula is C24H25FN2O6. The lowest BCUT2D eigenvalue weighted by molar-refractivity contribution is -0.136. The van der Waals surface area contributed by atoms with Gasteiger partial charge in [-0.2, -0.15) is 0 Å². The average molecular weight is 456 g/mol. The third-order valence-electron chi connectivity index (χ3n) is 4.32. The predicted octanol–water partition coefficient (Wildman–Crippen LogP) is 4.82. The number of rotatable bonds is 12. The molecule has 33 heavy (non-hydrogen) atoms. The summed E-state index contributed by atoms with van der Waals surface area (Å²) in [6.07, 6.45) is 1.99. The highest BCUT2D eigenvalue weighted by Gasteiger charge is 2.13. The van der Waals surface area contributed by atoms with Gasteiger partial charge in [0.15, 0.2) is 5.76 Å². The maximum absolute atomic E-state index is 13.2. The van der Waals surface area contributed by atoms with Gasteiger partial charge in [-0.1, -0.05) is 12.1 Å². The Labute approximate surface area is 190 Å². The van der Waals surface area contributed by atoms with E-state index in [0.29, 0.717) is 53.0 Å². The molecule has 0 aliphatic heterocycles. The Morgan fingerprint density at radius 3 is 2.61 bits per heavy atom. The number of hydrogen-bond donors (Lipinski definition) is 2. The second-order valence-electron chi connectivity index (χ2n) is 7.00. The molecule has 0 radical (unpaired) electrons. The minimum atomic E-state index is -0.963. The van der Waals surface area contributed by atoms with Crippen molar-refractivity contribution >= 4 is 11.7 Å². The first-order valence-corrected chi connectivity index (χ1v) is 10.4. The Hall–Kier alpha value is -3.85. The molecule has 0 fully saturated rings. The van der Waals surface area contributed by atoms with Gasteiger partial charge in [0.1, 0.15) is 35.0 Å². The van der Waals surface area contributed by atoms with Crippen molar-refractivity contribution in [3.05, 3.63) is 71.9 Å². The Bertz CT molecular complexity index is 1090. The Balaban J connectivity index is 1.86. The summed E-state index contributed by atoms with van der Waals surface area (Å²) in [5, 5.41) is 13.1. The van der Waals surface area contributed by atoms with Gasteiger partial charge in [-0.3, -0.25) is 15.1 Å². The molecule has 3 rings (SSSR count). The van der Waals surface area contributed by atoms with Crippen LogP contribution in [0.4, 0.5) is 4.39 Å². The maximum atomic E-state index is 13.2. The molecule has 2 N–H and O–H groups in total. The molecule has 0 saturated heterocycles. The number of nitrogens with zero attached hydrogens (tertiary/aromatic N) is 1. The first-order valence-electron chi connectivity index (χ1n) is 10.4. The zero-order chi connectivity index (χ0) is 23.6.